The van der Waals surface area contributed by atoms with Gasteiger partial charge in [-0.15, -0.1) is 0 Å². The molecule has 0 unspecified atom stereocenters. The van der Waals surface area contributed by atoms with Gasteiger partial charge in [0.15, 0.2) is 0 Å². The summed E-state index contributed by atoms with van der Waals surface area (Å²) in [5.74, 6) is -1.07. The minimum absolute atomic E-state index is 0. The molecule has 0 radical (unpaired) electrons. The van der Waals surface area contributed by atoms with Gasteiger partial charge in [0.2, 0.25) is 0 Å². The van der Waals surface area contributed by atoms with E-state index >= 15 is 0 Å². The molecular weight excluding hydrogens is 236 g/mol. The highest BCUT2D eigenvalue weighted by Crippen LogP contribution is 1.93. The van der Waals surface area contributed by atoms with Crippen LogP contribution in [0.4, 0.5) is 0 Å². The molecule has 7 nitrogen and oxygen atoms in total. The molecule has 0 atom stereocenters. The highest BCUT2D eigenvalue weighted by atomic mass is 32.3. The molecular formula is C8H21N2O5S+. The lowest BCUT2D eigenvalue weighted by Gasteiger charge is -2.14. The third-order valence-corrected chi connectivity index (χ3v) is 1.33. The maximum absolute atomic E-state index is 10.3. The molecule has 0 aromatic rings. The van der Waals surface area contributed by atoms with Crippen molar-refractivity contribution in [2.45, 2.75) is 0 Å². The molecule has 0 heterocycles. The Hall–Kier alpha value is -0.960. The lowest BCUT2D eigenvalue weighted by atomic mass is 10.7. The van der Waals surface area contributed by atoms with Gasteiger partial charge in [-0.1, -0.05) is 6.58 Å². The van der Waals surface area contributed by atoms with Crippen LogP contribution < -0.4 is 6.15 Å². The summed E-state index contributed by atoms with van der Waals surface area (Å²) in [6.07, 6.45) is 0.719. The SMILES string of the molecule is C=CC(=O)OS(=O)(=O)OC.C[N+](C)(C)C.N. The molecule has 0 aliphatic heterocycles. The van der Waals surface area contributed by atoms with E-state index in [-0.39, 0.29) is 6.15 Å². The van der Waals surface area contributed by atoms with Gasteiger partial charge >= 0.3 is 16.4 Å². The van der Waals surface area contributed by atoms with Gasteiger partial charge in [0.25, 0.3) is 0 Å². The van der Waals surface area contributed by atoms with Crippen LogP contribution >= 0.6 is 0 Å². The molecule has 0 bridgehead atoms. The Labute approximate surface area is 97.1 Å². The zero-order valence-corrected chi connectivity index (χ0v) is 11.2. The van der Waals surface area contributed by atoms with E-state index in [2.05, 4.69) is 43.1 Å². The number of hydrogen-bond donors (Lipinski definition) is 1. The van der Waals surface area contributed by atoms with Gasteiger partial charge in [0, 0.05) is 6.08 Å². The van der Waals surface area contributed by atoms with Crippen LogP contribution in [0.3, 0.4) is 0 Å². The smallest absolute Gasteiger partial charge is 0.344 e. The fourth-order valence-electron chi connectivity index (χ4n) is 0.169. The molecule has 0 aliphatic carbocycles. The summed E-state index contributed by atoms with van der Waals surface area (Å²) in [7, 11) is 5.23. The summed E-state index contributed by atoms with van der Waals surface area (Å²) < 4.78 is 29.0. The predicted octanol–water partition coefficient (Wildman–Crippen LogP) is 0.0912. The fraction of sp³-hybridized carbons (Fsp3) is 0.625. The maximum atomic E-state index is 10.3. The zero-order chi connectivity index (χ0) is 12.7. The minimum Gasteiger partial charge on any atom is -0.344 e. The third-order valence-electron chi connectivity index (χ3n) is 0.555. The summed E-state index contributed by atoms with van der Waals surface area (Å²) in [6, 6.07) is 0. The van der Waals surface area contributed by atoms with Crippen molar-refractivity contribution in [3.05, 3.63) is 12.7 Å². The minimum atomic E-state index is -4.15. The zero-order valence-electron chi connectivity index (χ0n) is 10.4. The van der Waals surface area contributed by atoms with Crippen LogP contribution in [-0.2, 0) is 23.6 Å². The fourth-order valence-corrected chi connectivity index (χ4v) is 0.506. The van der Waals surface area contributed by atoms with Crippen LogP contribution in [0, 0.1) is 0 Å². The van der Waals surface area contributed by atoms with Gasteiger partial charge in [-0.25, -0.2) is 8.98 Å². The topological polar surface area (TPSA) is 105 Å². The van der Waals surface area contributed by atoms with E-state index in [1.165, 1.54) is 0 Å². The second-order valence-electron chi connectivity index (χ2n) is 3.86. The van der Waals surface area contributed by atoms with Crippen molar-refractivity contribution < 1.29 is 26.1 Å². The Morgan fingerprint density at radius 2 is 1.56 bits per heavy atom. The largest absolute Gasteiger partial charge is 0.451 e. The Kier molecular flexibility index (Phi) is 10.5. The van der Waals surface area contributed by atoms with Crippen LogP contribution in [0.2, 0.25) is 0 Å². The lowest BCUT2D eigenvalue weighted by molar-refractivity contribution is -0.849. The monoisotopic (exact) mass is 257 g/mol. The van der Waals surface area contributed by atoms with Gasteiger partial charge in [-0.2, -0.15) is 8.42 Å². The van der Waals surface area contributed by atoms with Crippen molar-refractivity contribution >= 4 is 16.4 Å². The van der Waals surface area contributed by atoms with E-state index in [1.54, 1.807) is 0 Å². The van der Waals surface area contributed by atoms with E-state index in [4.69, 9.17) is 0 Å². The van der Waals surface area contributed by atoms with Crippen molar-refractivity contribution in [3.63, 3.8) is 0 Å². The second kappa shape index (κ2) is 8.22. The molecule has 0 aromatic carbocycles. The molecule has 16 heavy (non-hydrogen) atoms. The molecule has 0 saturated heterocycles. The number of carbonyl (C=O) groups is 1. The number of rotatable bonds is 3. The van der Waals surface area contributed by atoms with Crippen molar-refractivity contribution in [2.75, 3.05) is 35.3 Å². The molecule has 0 amide bonds. The highest BCUT2D eigenvalue weighted by Gasteiger charge is 2.12. The quantitative estimate of drug-likeness (QED) is 0.567. The molecule has 0 rings (SSSR count). The molecule has 0 fully saturated rings. The van der Waals surface area contributed by atoms with E-state index in [1.807, 2.05) is 0 Å². The van der Waals surface area contributed by atoms with Crippen molar-refractivity contribution in [1.82, 2.24) is 6.15 Å². The molecule has 0 spiro atoms. The van der Waals surface area contributed by atoms with Crippen molar-refractivity contribution in [1.29, 1.82) is 0 Å². The molecule has 8 heteroatoms. The lowest BCUT2D eigenvalue weighted by Crippen LogP contribution is -2.27. The Bertz CT molecular complexity index is 299. The van der Waals surface area contributed by atoms with Crippen molar-refractivity contribution in [2.24, 2.45) is 0 Å². The summed E-state index contributed by atoms with van der Waals surface area (Å²) in [4.78, 5) is 10.2. The Balaban J connectivity index is -0.000000242. The van der Waals surface area contributed by atoms with E-state index in [0.717, 1.165) is 17.7 Å². The predicted molar refractivity (Wildman–Crippen MR) is 61.2 cm³/mol. The summed E-state index contributed by atoms with van der Waals surface area (Å²) in [5, 5.41) is 0. The Morgan fingerprint density at radius 1 is 1.25 bits per heavy atom. The van der Waals surface area contributed by atoms with Gasteiger partial charge in [0.1, 0.15) is 0 Å². The summed E-state index contributed by atoms with van der Waals surface area (Å²) >= 11 is 0. The number of nitrogens with zero attached hydrogens (tertiary/aromatic N) is 1. The van der Waals surface area contributed by atoms with E-state index in [9.17, 15) is 13.2 Å². The van der Waals surface area contributed by atoms with Crippen LogP contribution in [0.25, 0.3) is 0 Å². The third kappa shape index (κ3) is 23.1. The van der Waals surface area contributed by atoms with Gasteiger partial charge in [-0.3, -0.25) is 0 Å². The van der Waals surface area contributed by atoms with Crippen LogP contribution in [0.1, 0.15) is 0 Å². The van der Waals surface area contributed by atoms with Gasteiger partial charge in [0.05, 0.1) is 35.3 Å². The molecule has 3 N–H and O–H groups in total. The number of quaternary nitrogens is 1. The van der Waals surface area contributed by atoms with Crippen molar-refractivity contribution in [3.8, 4) is 0 Å². The summed E-state index contributed by atoms with van der Waals surface area (Å²) in [6.45, 7) is 2.98. The van der Waals surface area contributed by atoms with Crippen LogP contribution in [-0.4, -0.2) is 54.2 Å². The first-order chi connectivity index (χ1) is 6.52. The van der Waals surface area contributed by atoms with E-state index in [0.29, 0.717) is 0 Å². The highest BCUT2D eigenvalue weighted by molar-refractivity contribution is 7.82. The molecule has 0 aliphatic rings. The first-order valence-electron chi connectivity index (χ1n) is 3.97. The van der Waals surface area contributed by atoms with Gasteiger partial charge in [-0.05, 0) is 0 Å². The molecule has 0 aromatic heterocycles. The Morgan fingerprint density at radius 3 is 1.75 bits per heavy atom. The average Bonchev–Trinajstić information content (AvgIpc) is 2.00. The number of carbonyl (C=O) groups excluding carboxylic acids is 1. The van der Waals surface area contributed by atoms with Gasteiger partial charge < -0.3 is 14.8 Å². The standard InChI is InChI=1S/C4H12N.C4H6O5S.H3N/c1-5(2,3)4;1-3-4(5)9-10(6,7)8-2;/h1-4H3;3H,1H2,2H3;1H3/q+1;;. The number of hydrogen-bond acceptors (Lipinski definition) is 6. The first-order valence-corrected chi connectivity index (χ1v) is 5.30. The first kappa shape index (κ1) is 20.5. The normalized spacial score (nSPS) is 10.3. The average molecular weight is 257 g/mol. The molecule has 0 saturated carbocycles. The second-order valence-corrected chi connectivity index (χ2v) is 5.18. The van der Waals surface area contributed by atoms with Crippen LogP contribution in [0.5, 0.6) is 0 Å². The van der Waals surface area contributed by atoms with E-state index < -0.39 is 16.4 Å². The maximum Gasteiger partial charge on any atom is 0.451 e. The summed E-state index contributed by atoms with van der Waals surface area (Å²) in [5.41, 5.74) is 0. The molecule has 98 valence electrons. The van der Waals surface area contributed by atoms with Crippen LogP contribution in [0.15, 0.2) is 12.7 Å².